The van der Waals surface area contributed by atoms with Crippen molar-refractivity contribution in [3.05, 3.63) is 48.2 Å². The Hall–Kier alpha value is -2.96. The standard InChI is InChI=1S/C18H20N4O3/c1-25-18(24)13-6-5-11-22(12-13)16-10-9-15(20-21-16)17(23)19-14-7-3-2-4-8-14/h2-4,7-10,13H,5-6,11-12H2,1H3,(H,19,23)/t13-/m0/s1. The fourth-order valence-corrected chi connectivity index (χ4v) is 2.88. The summed E-state index contributed by atoms with van der Waals surface area (Å²) in [5.41, 5.74) is 0.949. The number of carbonyl (C=O) groups excluding carboxylic acids is 2. The fourth-order valence-electron chi connectivity index (χ4n) is 2.88. The van der Waals surface area contributed by atoms with Crippen LogP contribution in [0.4, 0.5) is 11.5 Å². The van der Waals surface area contributed by atoms with Crippen LogP contribution in [0.15, 0.2) is 42.5 Å². The van der Waals surface area contributed by atoms with Gasteiger partial charge in [0, 0.05) is 18.8 Å². The minimum Gasteiger partial charge on any atom is -0.469 e. The van der Waals surface area contributed by atoms with E-state index in [1.165, 1.54) is 7.11 Å². The highest BCUT2D eigenvalue weighted by atomic mass is 16.5. The largest absolute Gasteiger partial charge is 0.469 e. The van der Waals surface area contributed by atoms with Crippen LogP contribution in [0, 0.1) is 5.92 Å². The lowest BCUT2D eigenvalue weighted by Gasteiger charge is -2.31. The summed E-state index contributed by atoms with van der Waals surface area (Å²) in [5.74, 6) is -0.000630. The summed E-state index contributed by atoms with van der Waals surface area (Å²) < 4.78 is 4.83. The second-order valence-electron chi connectivity index (χ2n) is 5.91. The fraction of sp³-hybridized carbons (Fsp3) is 0.333. The number of ether oxygens (including phenoxy) is 1. The van der Waals surface area contributed by atoms with E-state index in [-0.39, 0.29) is 23.5 Å². The molecule has 1 atom stereocenters. The molecule has 25 heavy (non-hydrogen) atoms. The molecule has 1 amide bonds. The van der Waals surface area contributed by atoms with Crippen LogP contribution in [0.5, 0.6) is 0 Å². The number of methoxy groups -OCH3 is 1. The molecule has 2 heterocycles. The van der Waals surface area contributed by atoms with E-state index in [0.717, 1.165) is 19.4 Å². The Bertz CT molecular complexity index is 734. The number of anilines is 2. The highest BCUT2D eigenvalue weighted by molar-refractivity contribution is 6.02. The first-order valence-electron chi connectivity index (χ1n) is 8.20. The maximum atomic E-state index is 12.2. The van der Waals surface area contributed by atoms with Crippen molar-refractivity contribution in [1.29, 1.82) is 0 Å². The summed E-state index contributed by atoms with van der Waals surface area (Å²) >= 11 is 0. The van der Waals surface area contributed by atoms with Gasteiger partial charge in [0.05, 0.1) is 13.0 Å². The van der Waals surface area contributed by atoms with Gasteiger partial charge in [-0.2, -0.15) is 0 Å². The van der Waals surface area contributed by atoms with E-state index in [9.17, 15) is 9.59 Å². The monoisotopic (exact) mass is 340 g/mol. The average molecular weight is 340 g/mol. The number of hydrogen-bond donors (Lipinski definition) is 1. The van der Waals surface area contributed by atoms with Gasteiger partial charge in [0.25, 0.3) is 5.91 Å². The van der Waals surface area contributed by atoms with Gasteiger partial charge in [0.1, 0.15) is 0 Å². The zero-order valence-corrected chi connectivity index (χ0v) is 14.0. The average Bonchev–Trinajstić information content (AvgIpc) is 2.68. The molecule has 1 aliphatic rings. The first-order chi connectivity index (χ1) is 12.2. The summed E-state index contributed by atoms with van der Waals surface area (Å²) in [5, 5.41) is 10.9. The van der Waals surface area contributed by atoms with Crippen molar-refractivity contribution in [2.24, 2.45) is 5.92 Å². The summed E-state index contributed by atoms with van der Waals surface area (Å²) in [6.07, 6.45) is 1.70. The molecular weight excluding hydrogens is 320 g/mol. The molecule has 0 bridgehead atoms. The Morgan fingerprint density at radius 3 is 2.64 bits per heavy atom. The molecule has 3 rings (SSSR count). The Kier molecular flexibility index (Phi) is 5.23. The van der Waals surface area contributed by atoms with Gasteiger partial charge in [0.2, 0.25) is 0 Å². The van der Waals surface area contributed by atoms with Crippen LogP contribution in [-0.4, -0.2) is 42.3 Å². The zero-order valence-electron chi connectivity index (χ0n) is 14.0. The SMILES string of the molecule is COC(=O)[C@H]1CCCN(c2ccc(C(=O)Nc3ccccc3)nn2)C1. The van der Waals surface area contributed by atoms with Gasteiger partial charge in [-0.25, -0.2) is 0 Å². The van der Waals surface area contributed by atoms with E-state index >= 15 is 0 Å². The van der Waals surface area contributed by atoms with Gasteiger partial charge >= 0.3 is 5.97 Å². The zero-order chi connectivity index (χ0) is 17.6. The van der Waals surface area contributed by atoms with Crippen molar-refractivity contribution in [2.75, 3.05) is 30.4 Å². The van der Waals surface area contributed by atoms with Crippen LogP contribution in [0.3, 0.4) is 0 Å². The highest BCUT2D eigenvalue weighted by Gasteiger charge is 2.27. The molecule has 1 aromatic carbocycles. The maximum absolute atomic E-state index is 12.2. The summed E-state index contributed by atoms with van der Waals surface area (Å²) in [4.78, 5) is 25.9. The number of aromatic nitrogens is 2. The van der Waals surface area contributed by atoms with Crippen LogP contribution in [0.2, 0.25) is 0 Å². The molecule has 1 aromatic heterocycles. The third-order valence-corrected chi connectivity index (χ3v) is 4.19. The quantitative estimate of drug-likeness (QED) is 0.858. The molecule has 2 aromatic rings. The topological polar surface area (TPSA) is 84.4 Å². The number of benzene rings is 1. The second-order valence-corrected chi connectivity index (χ2v) is 5.91. The Morgan fingerprint density at radius 1 is 1.16 bits per heavy atom. The molecule has 0 spiro atoms. The number of hydrogen-bond acceptors (Lipinski definition) is 6. The van der Waals surface area contributed by atoms with E-state index in [1.54, 1.807) is 24.3 Å². The van der Waals surface area contributed by atoms with Gasteiger partial charge < -0.3 is 15.0 Å². The summed E-state index contributed by atoms with van der Waals surface area (Å²) in [6, 6.07) is 12.6. The summed E-state index contributed by atoms with van der Waals surface area (Å²) in [7, 11) is 1.40. The lowest BCUT2D eigenvalue weighted by molar-refractivity contribution is -0.145. The van der Waals surface area contributed by atoms with E-state index in [0.29, 0.717) is 18.1 Å². The molecule has 0 aliphatic carbocycles. The lowest BCUT2D eigenvalue weighted by atomic mass is 9.98. The Labute approximate surface area is 146 Å². The number of nitrogens with zero attached hydrogens (tertiary/aromatic N) is 3. The van der Waals surface area contributed by atoms with Crippen LogP contribution in [0.1, 0.15) is 23.3 Å². The minimum absolute atomic E-state index is 0.151. The number of amides is 1. The van der Waals surface area contributed by atoms with E-state index in [2.05, 4.69) is 15.5 Å². The van der Waals surface area contributed by atoms with Gasteiger partial charge in [-0.3, -0.25) is 9.59 Å². The van der Waals surface area contributed by atoms with Gasteiger partial charge in [-0.05, 0) is 37.1 Å². The minimum atomic E-state index is -0.309. The van der Waals surface area contributed by atoms with Crippen LogP contribution >= 0.6 is 0 Å². The van der Waals surface area contributed by atoms with Crippen molar-refractivity contribution in [3.8, 4) is 0 Å². The molecule has 130 valence electrons. The number of nitrogens with one attached hydrogen (secondary N) is 1. The predicted molar refractivity (Wildman–Crippen MR) is 93.4 cm³/mol. The number of rotatable bonds is 4. The molecule has 0 saturated carbocycles. The third-order valence-electron chi connectivity index (χ3n) is 4.19. The highest BCUT2D eigenvalue weighted by Crippen LogP contribution is 2.22. The molecular formula is C18H20N4O3. The van der Waals surface area contributed by atoms with Crippen molar-refractivity contribution < 1.29 is 14.3 Å². The third kappa shape index (κ3) is 4.12. The predicted octanol–water partition coefficient (Wildman–Crippen LogP) is 2.12. The Morgan fingerprint density at radius 2 is 1.96 bits per heavy atom. The van der Waals surface area contributed by atoms with Crippen molar-refractivity contribution >= 4 is 23.4 Å². The van der Waals surface area contributed by atoms with Gasteiger partial charge in [-0.15, -0.1) is 10.2 Å². The smallest absolute Gasteiger partial charge is 0.310 e. The number of piperidine rings is 1. The molecule has 1 aliphatic heterocycles. The van der Waals surface area contributed by atoms with Crippen molar-refractivity contribution in [1.82, 2.24) is 10.2 Å². The first-order valence-corrected chi connectivity index (χ1v) is 8.20. The lowest BCUT2D eigenvalue weighted by Crippen LogP contribution is -2.39. The molecule has 1 fully saturated rings. The maximum Gasteiger partial charge on any atom is 0.310 e. The Balaban J connectivity index is 1.65. The number of esters is 1. The van der Waals surface area contributed by atoms with Crippen LogP contribution in [0.25, 0.3) is 0 Å². The molecule has 7 nitrogen and oxygen atoms in total. The van der Waals surface area contributed by atoms with Crippen molar-refractivity contribution in [3.63, 3.8) is 0 Å². The molecule has 1 N–H and O–H groups in total. The normalized spacial score (nSPS) is 17.0. The molecule has 0 unspecified atom stereocenters. The molecule has 0 radical (unpaired) electrons. The van der Waals surface area contributed by atoms with E-state index in [1.807, 2.05) is 23.1 Å². The van der Waals surface area contributed by atoms with Gasteiger partial charge in [0.15, 0.2) is 11.5 Å². The number of para-hydroxylation sites is 1. The number of carbonyl (C=O) groups is 2. The molecule has 7 heteroatoms. The molecule has 1 saturated heterocycles. The second kappa shape index (κ2) is 7.74. The van der Waals surface area contributed by atoms with Crippen LogP contribution < -0.4 is 10.2 Å². The van der Waals surface area contributed by atoms with Gasteiger partial charge in [-0.1, -0.05) is 18.2 Å². The van der Waals surface area contributed by atoms with Crippen LogP contribution in [-0.2, 0) is 9.53 Å². The van der Waals surface area contributed by atoms with Crippen molar-refractivity contribution in [2.45, 2.75) is 12.8 Å². The summed E-state index contributed by atoms with van der Waals surface area (Å²) in [6.45, 7) is 1.36. The van der Waals surface area contributed by atoms with E-state index < -0.39 is 0 Å². The van der Waals surface area contributed by atoms with E-state index in [4.69, 9.17) is 4.74 Å². The first kappa shape index (κ1) is 16.9.